The van der Waals surface area contributed by atoms with Crippen LogP contribution in [0.4, 0.5) is 0 Å². The summed E-state index contributed by atoms with van der Waals surface area (Å²) in [5.41, 5.74) is 1.02. The van der Waals surface area contributed by atoms with Crippen molar-refractivity contribution in [3.63, 3.8) is 0 Å². The summed E-state index contributed by atoms with van der Waals surface area (Å²) in [6.07, 6.45) is 1.79. The summed E-state index contributed by atoms with van der Waals surface area (Å²) < 4.78 is 80.9. The van der Waals surface area contributed by atoms with Crippen molar-refractivity contribution < 1.29 is 53.1 Å². The van der Waals surface area contributed by atoms with Crippen molar-refractivity contribution >= 4 is 200 Å². The van der Waals surface area contributed by atoms with Gasteiger partial charge >= 0.3 is 35.2 Å². The molecule has 0 fully saturated rings. The molecule has 428 valence electrons. The highest BCUT2D eigenvalue weighted by atomic mass is 33.8. The van der Waals surface area contributed by atoms with Crippen LogP contribution in [0.3, 0.4) is 0 Å². The van der Waals surface area contributed by atoms with Gasteiger partial charge in [0.1, 0.15) is 0 Å². The van der Waals surface area contributed by atoms with E-state index in [9.17, 15) is 0 Å². The number of rotatable bonds is 45. The number of hydrogen-bond donors (Lipinski definition) is 8. The molecule has 0 aromatic carbocycles. The Morgan fingerprint density at radius 3 is 0.800 bits per heavy atom. The summed E-state index contributed by atoms with van der Waals surface area (Å²) >= 11 is 45.6. The van der Waals surface area contributed by atoms with E-state index in [-0.39, 0.29) is 16.7 Å². The summed E-state index contributed by atoms with van der Waals surface area (Å²) in [6, 6.07) is 0. The lowest BCUT2D eigenvalue weighted by atomic mass is 10.0. The quantitative estimate of drug-likeness (QED) is 0.0168. The minimum atomic E-state index is -3.60. The molecule has 0 aliphatic rings. The molecule has 0 rings (SSSR count). The molecule has 0 heterocycles. The number of thiol groups is 8. The second-order valence-corrected chi connectivity index (χ2v) is 61.6. The fourth-order valence-electron chi connectivity index (χ4n) is 7.95. The molecule has 70 heavy (non-hydrogen) atoms. The molecule has 0 bridgehead atoms. The standard InChI is InChI=1S/C38H92O12S16Si4/c1-16-36(37(63(55,59-51)31-67(39-17-2,40-18-3)41-19-4)64(56,60-52)32-68(42-20-5,43-21-6)44-22-7)38(30-29-35(14)15,65(57,61-53)33-69(45-23-8,46-24-9)47-25-10)66(58,62-54)34-70(48-26-11,49-27-12)50-28-13/h35,51-58H,16-34H2,1-15H3. The van der Waals surface area contributed by atoms with E-state index in [2.05, 4.69) is 20.8 Å². The molecule has 0 saturated heterocycles. The Balaban J connectivity index is 10.7. The molecule has 0 aromatic rings. The molecule has 0 spiro atoms. The zero-order chi connectivity index (χ0) is 54.0. The lowest BCUT2D eigenvalue weighted by Gasteiger charge is -2.64. The molecule has 0 aliphatic carbocycles. The summed E-state index contributed by atoms with van der Waals surface area (Å²) in [5.74, 6) is 0.229. The van der Waals surface area contributed by atoms with E-state index >= 15 is 0 Å². The van der Waals surface area contributed by atoms with E-state index < -0.39 is 71.7 Å². The maximum atomic E-state index is 6.79. The Bertz CT molecular complexity index is 1320. The van der Waals surface area contributed by atoms with Crippen LogP contribution in [0.1, 0.15) is 123 Å². The van der Waals surface area contributed by atoms with Gasteiger partial charge in [0.15, 0.2) is 0 Å². The zero-order valence-electron chi connectivity index (χ0n) is 44.3. The van der Waals surface area contributed by atoms with Gasteiger partial charge in [0.2, 0.25) is 0 Å². The maximum Gasteiger partial charge on any atom is 0.511 e. The second kappa shape index (κ2) is 37.8. The van der Waals surface area contributed by atoms with Crippen LogP contribution in [0.2, 0.25) is 0 Å². The molecule has 0 amide bonds. The van der Waals surface area contributed by atoms with Crippen LogP contribution in [-0.2, 0) is 53.1 Å². The molecule has 32 heteroatoms. The summed E-state index contributed by atoms with van der Waals surface area (Å²) in [7, 11) is -19.3. The van der Waals surface area contributed by atoms with E-state index in [1.807, 2.05) is 83.1 Å². The summed E-state index contributed by atoms with van der Waals surface area (Å²) in [5, 5.41) is 1.15. The molecule has 0 aliphatic heterocycles. The van der Waals surface area contributed by atoms with E-state index in [0.29, 0.717) is 103 Å². The zero-order valence-corrected chi connectivity index (χ0v) is 61.9. The first kappa shape index (κ1) is 75.7. The molecule has 4 unspecified atom stereocenters. The second-order valence-electron chi connectivity index (χ2n) is 15.2. The van der Waals surface area contributed by atoms with Crippen LogP contribution in [0, 0.1) is 5.92 Å². The molecule has 4 atom stereocenters. The van der Waals surface area contributed by atoms with E-state index in [1.54, 1.807) is 0 Å². The van der Waals surface area contributed by atoms with Gasteiger partial charge in [-0.25, -0.2) is 0 Å². The molecular formula is C38H92O12S16Si4. The van der Waals surface area contributed by atoms with Gasteiger partial charge in [-0.15, -0.1) is 109 Å². The Morgan fingerprint density at radius 2 is 0.629 bits per heavy atom. The van der Waals surface area contributed by atoms with Crippen molar-refractivity contribution in [2.24, 2.45) is 5.92 Å². The minimum Gasteiger partial charge on any atom is -0.373 e. The van der Waals surface area contributed by atoms with Crippen LogP contribution < -0.4 is 0 Å². The van der Waals surface area contributed by atoms with Crippen LogP contribution in [-0.4, -0.2) is 140 Å². The summed E-state index contributed by atoms with van der Waals surface area (Å²) in [6.45, 7) is 34.6. The van der Waals surface area contributed by atoms with E-state index in [1.165, 1.54) is 39.3 Å². The highest BCUT2D eigenvalue weighted by Crippen LogP contribution is 2.96. The molecule has 12 nitrogen and oxygen atoms in total. The molecule has 0 aromatic heterocycles. The van der Waals surface area contributed by atoms with Crippen molar-refractivity contribution in [3.8, 4) is 0 Å². The lowest BCUT2D eigenvalue weighted by Crippen LogP contribution is -2.56. The lowest BCUT2D eigenvalue weighted by molar-refractivity contribution is 0.0763. The van der Waals surface area contributed by atoms with Gasteiger partial charge in [0.25, 0.3) is 0 Å². The fraction of sp³-hybridized carbons (Fsp3) is 0.947. The van der Waals surface area contributed by atoms with Crippen LogP contribution in [0.15, 0.2) is 9.81 Å². The predicted molar refractivity (Wildman–Crippen MR) is 359 cm³/mol. The van der Waals surface area contributed by atoms with E-state index in [4.69, 9.17) is 146 Å². The van der Waals surface area contributed by atoms with Gasteiger partial charge in [-0.05, 0) is 153 Å². The average Bonchev–Trinajstić information content (AvgIpc) is 3.29. The molecular weight excluding hydrogens is 1270 g/mol. The van der Waals surface area contributed by atoms with Gasteiger partial charge in [-0.1, -0.05) is 37.0 Å². The smallest absolute Gasteiger partial charge is 0.373 e. The Hall–Kier alpha value is 5.73. The first-order valence-corrected chi connectivity index (χ1v) is 52.6. The molecule has 0 saturated carbocycles. The van der Waals surface area contributed by atoms with Crippen molar-refractivity contribution in [1.29, 1.82) is 0 Å². The predicted octanol–water partition coefficient (Wildman–Crippen LogP) is 15.7. The highest BCUT2D eigenvalue weighted by Gasteiger charge is 2.67. The molecule has 0 N–H and O–H groups in total. The number of hydrogen-bond acceptors (Lipinski definition) is 24. The maximum absolute atomic E-state index is 6.79. The average molecular weight is 1370 g/mol. The van der Waals surface area contributed by atoms with Gasteiger partial charge in [-0.3, -0.25) is 0 Å². The first-order valence-electron chi connectivity index (χ1n) is 23.9. The van der Waals surface area contributed by atoms with Crippen molar-refractivity contribution in [2.75, 3.05) is 101 Å². The van der Waals surface area contributed by atoms with E-state index in [0.717, 1.165) is 16.2 Å². The third kappa shape index (κ3) is 20.6. The van der Waals surface area contributed by atoms with Gasteiger partial charge in [0.05, 0.1) is 25.6 Å². The monoisotopic (exact) mass is 1360 g/mol. The van der Waals surface area contributed by atoms with Gasteiger partial charge in [0, 0.05) is 83.5 Å². The third-order valence-corrected chi connectivity index (χ3v) is 76.1. The first-order chi connectivity index (χ1) is 33.0. The molecule has 0 radical (unpaired) electrons. The van der Waals surface area contributed by atoms with Crippen molar-refractivity contribution in [2.45, 2.75) is 127 Å². The van der Waals surface area contributed by atoms with Gasteiger partial charge in [-0.2, -0.15) is 0 Å². The van der Waals surface area contributed by atoms with Crippen molar-refractivity contribution in [3.05, 3.63) is 9.81 Å². The van der Waals surface area contributed by atoms with Crippen molar-refractivity contribution in [1.82, 2.24) is 0 Å². The highest BCUT2D eigenvalue weighted by molar-refractivity contribution is 9.43. The normalized spacial score (nSPS) is 19.3. The van der Waals surface area contributed by atoms with Crippen LogP contribution in [0.25, 0.3) is 0 Å². The Kier molecular flexibility index (Phi) is 40.8. The largest absolute Gasteiger partial charge is 0.511 e. The summed E-state index contributed by atoms with van der Waals surface area (Å²) in [4.78, 5) is 0. The Morgan fingerprint density at radius 1 is 0.400 bits per heavy atom. The fourth-order valence-corrected chi connectivity index (χ4v) is 81.5. The SMILES string of the molecule is CCO[Si](CS(S)(SS)C(=C(CC)C(CCC(C)C)(S(S)(C[Si](OCC)(OCC)OCC)SS)S(S)(C[Si](OCC)(OCC)OCC)SS)S(S)(C[Si](OCC)(OCC)OCC)SS)(OCC)OCC. The van der Waals surface area contributed by atoms with Crippen LogP contribution in [0.5, 0.6) is 0 Å². The van der Waals surface area contributed by atoms with Gasteiger partial charge < -0.3 is 53.1 Å². The third-order valence-electron chi connectivity index (χ3n) is 10.1. The topological polar surface area (TPSA) is 111 Å². The van der Waals surface area contributed by atoms with Crippen LogP contribution >= 0.6 is 165 Å². The minimum absolute atomic E-state index is 0.229. The Labute approximate surface area is 491 Å².